The van der Waals surface area contributed by atoms with Crippen LogP contribution >= 0.6 is 22.9 Å². The van der Waals surface area contributed by atoms with Gasteiger partial charge in [0.15, 0.2) is 16.5 Å². The topological polar surface area (TPSA) is 92.9 Å². The minimum absolute atomic E-state index is 0.0269. The number of nitrogens with one attached hydrogen (secondary N) is 1. The Morgan fingerprint density at radius 3 is 2.90 bits per heavy atom. The van der Waals surface area contributed by atoms with E-state index in [9.17, 15) is 14.7 Å². The molecule has 0 bridgehead atoms. The van der Waals surface area contributed by atoms with E-state index >= 15 is 0 Å². The lowest BCUT2D eigenvalue weighted by Gasteiger charge is -2.05. The number of anilines is 1. The van der Waals surface area contributed by atoms with Gasteiger partial charge in [0.25, 0.3) is 5.56 Å². The highest BCUT2D eigenvalue weighted by molar-refractivity contribution is 7.15. The summed E-state index contributed by atoms with van der Waals surface area (Å²) in [4.78, 5) is 29.5. The van der Waals surface area contributed by atoms with Crippen LogP contribution in [0.4, 0.5) is 5.69 Å². The number of benzene rings is 2. The average molecular weight is 440 g/mol. The van der Waals surface area contributed by atoms with E-state index in [1.165, 1.54) is 22.8 Å². The van der Waals surface area contributed by atoms with Crippen molar-refractivity contribution in [1.82, 2.24) is 9.38 Å². The van der Waals surface area contributed by atoms with Crippen molar-refractivity contribution in [2.45, 2.75) is 6.42 Å². The van der Waals surface area contributed by atoms with Gasteiger partial charge in [-0.05, 0) is 41.5 Å². The number of ether oxygens (including phenoxy) is 1. The summed E-state index contributed by atoms with van der Waals surface area (Å²) in [6, 6.07) is 8.81. The smallest absolute Gasteiger partial charge is 0.274 e. The number of hydrogen-bond acceptors (Lipinski definition) is 6. The van der Waals surface area contributed by atoms with Crippen LogP contribution in [0.15, 0.2) is 41.3 Å². The summed E-state index contributed by atoms with van der Waals surface area (Å²) in [6.45, 7) is 0. The summed E-state index contributed by atoms with van der Waals surface area (Å²) in [5.74, 6) is 0.0610. The summed E-state index contributed by atoms with van der Waals surface area (Å²) >= 11 is 7.29. The lowest BCUT2D eigenvalue weighted by Crippen LogP contribution is -2.22. The van der Waals surface area contributed by atoms with Crippen LogP contribution in [0.5, 0.6) is 11.5 Å². The van der Waals surface area contributed by atoms with Crippen LogP contribution in [0.2, 0.25) is 5.02 Å². The first-order valence-corrected chi connectivity index (χ1v) is 10.2. The van der Waals surface area contributed by atoms with Crippen LogP contribution in [-0.2, 0) is 11.2 Å². The molecular weight excluding hydrogens is 426 g/mol. The average Bonchev–Trinajstić information content (AvgIpc) is 3.38. The van der Waals surface area contributed by atoms with Crippen LogP contribution in [-0.4, -0.2) is 27.5 Å². The zero-order valence-corrected chi connectivity index (χ0v) is 17.2. The zero-order chi connectivity index (χ0) is 21.0. The van der Waals surface area contributed by atoms with Crippen molar-refractivity contribution in [2.75, 3.05) is 12.4 Å². The Bertz CT molecular complexity index is 1460. The number of fused-ring (bicyclic) bond motifs is 2. The molecule has 0 spiro atoms. The van der Waals surface area contributed by atoms with Crippen molar-refractivity contribution in [3.8, 4) is 22.8 Å². The number of aromatic hydroxyl groups is 1. The van der Waals surface area contributed by atoms with Gasteiger partial charge in [-0.15, -0.1) is 0 Å². The number of thiazole rings is 1. The van der Waals surface area contributed by atoms with E-state index in [1.807, 2.05) is 18.2 Å². The molecule has 0 aliphatic carbocycles. The third-order valence-corrected chi connectivity index (χ3v) is 6.17. The highest BCUT2D eigenvalue weighted by Crippen LogP contribution is 2.35. The minimum atomic E-state index is -0.199. The monoisotopic (exact) mass is 439 g/mol. The maximum absolute atomic E-state index is 12.8. The standard InChI is InChI=1S/C21H14ClN3O4S/c1-29-16-5-10(4-13(22)19(16)27)6-17-20(28)25-9-15(24-21(25)30-17)11-2-3-14-12(7-11)8-18(26)23-14/h2-7,9,27H,8H2,1H3,(H,23,26). The van der Waals surface area contributed by atoms with Crippen molar-refractivity contribution in [1.29, 1.82) is 0 Å². The van der Waals surface area contributed by atoms with Crippen LogP contribution < -0.4 is 20.1 Å². The molecular formula is C21H14ClN3O4S. The molecule has 150 valence electrons. The molecule has 0 saturated carbocycles. The van der Waals surface area contributed by atoms with E-state index < -0.39 is 0 Å². The van der Waals surface area contributed by atoms with E-state index in [-0.39, 0.29) is 28.0 Å². The summed E-state index contributed by atoms with van der Waals surface area (Å²) in [7, 11) is 1.43. The Balaban J connectivity index is 1.56. The number of amides is 1. The second-order valence-electron chi connectivity index (χ2n) is 6.84. The first-order valence-electron chi connectivity index (χ1n) is 8.96. The SMILES string of the molecule is COc1cc(C=c2sc3nc(-c4ccc5c(c4)CC(=O)N5)cn3c2=O)cc(Cl)c1O. The maximum atomic E-state index is 12.8. The summed E-state index contributed by atoms with van der Waals surface area (Å²) in [5, 5.41) is 12.8. The molecule has 4 aromatic rings. The van der Waals surface area contributed by atoms with Crippen molar-refractivity contribution in [2.24, 2.45) is 0 Å². The van der Waals surface area contributed by atoms with Gasteiger partial charge in [-0.1, -0.05) is 29.0 Å². The van der Waals surface area contributed by atoms with Crippen molar-refractivity contribution in [3.63, 3.8) is 0 Å². The van der Waals surface area contributed by atoms with E-state index in [0.717, 1.165) is 16.8 Å². The van der Waals surface area contributed by atoms with Gasteiger partial charge in [-0.2, -0.15) is 0 Å². The van der Waals surface area contributed by atoms with E-state index in [4.69, 9.17) is 16.3 Å². The number of carbonyl (C=O) groups excluding carboxylic acids is 1. The minimum Gasteiger partial charge on any atom is -0.503 e. The number of phenols is 1. The molecule has 0 radical (unpaired) electrons. The third kappa shape index (κ3) is 3.01. The Morgan fingerprint density at radius 1 is 1.30 bits per heavy atom. The molecule has 0 fully saturated rings. The number of halogens is 1. The molecule has 0 unspecified atom stereocenters. The molecule has 0 atom stereocenters. The molecule has 1 aliphatic heterocycles. The molecule has 1 amide bonds. The molecule has 5 rings (SSSR count). The number of aromatic nitrogens is 2. The predicted octanol–water partition coefficient (Wildman–Crippen LogP) is 2.83. The highest BCUT2D eigenvalue weighted by Gasteiger charge is 2.19. The molecule has 9 heteroatoms. The summed E-state index contributed by atoms with van der Waals surface area (Å²) in [6.07, 6.45) is 3.72. The van der Waals surface area contributed by atoms with E-state index in [2.05, 4.69) is 10.3 Å². The van der Waals surface area contributed by atoms with Crippen LogP contribution in [0.3, 0.4) is 0 Å². The molecule has 0 saturated heterocycles. The number of rotatable bonds is 3. The number of imidazole rings is 1. The van der Waals surface area contributed by atoms with Gasteiger partial charge >= 0.3 is 0 Å². The lowest BCUT2D eigenvalue weighted by molar-refractivity contribution is -0.115. The maximum Gasteiger partial charge on any atom is 0.274 e. The van der Waals surface area contributed by atoms with E-state index in [0.29, 0.717) is 27.2 Å². The fraction of sp³-hybridized carbons (Fsp3) is 0.0952. The highest BCUT2D eigenvalue weighted by atomic mass is 35.5. The van der Waals surface area contributed by atoms with Gasteiger partial charge in [0.1, 0.15) is 0 Å². The first kappa shape index (κ1) is 18.7. The Labute approximate surface area is 178 Å². The van der Waals surface area contributed by atoms with Crippen molar-refractivity contribution < 1.29 is 14.6 Å². The van der Waals surface area contributed by atoms with Crippen LogP contribution in [0, 0.1) is 0 Å². The molecule has 7 nitrogen and oxygen atoms in total. The summed E-state index contributed by atoms with van der Waals surface area (Å²) in [5.41, 5.74) is 3.68. The van der Waals surface area contributed by atoms with Gasteiger partial charge in [-0.25, -0.2) is 4.98 Å². The lowest BCUT2D eigenvalue weighted by atomic mass is 10.1. The number of methoxy groups -OCH3 is 1. The molecule has 1 aliphatic rings. The fourth-order valence-electron chi connectivity index (χ4n) is 3.44. The largest absolute Gasteiger partial charge is 0.503 e. The summed E-state index contributed by atoms with van der Waals surface area (Å²) < 4.78 is 7.09. The second-order valence-corrected chi connectivity index (χ2v) is 8.26. The van der Waals surface area contributed by atoms with Gasteiger partial charge in [-0.3, -0.25) is 14.0 Å². The number of hydrogen-bond donors (Lipinski definition) is 2. The molecule has 3 heterocycles. The molecule has 2 aromatic heterocycles. The zero-order valence-electron chi connectivity index (χ0n) is 15.6. The Hall–Kier alpha value is -3.36. The first-order chi connectivity index (χ1) is 14.4. The van der Waals surface area contributed by atoms with Crippen molar-refractivity contribution in [3.05, 3.63) is 67.6 Å². The molecule has 30 heavy (non-hydrogen) atoms. The van der Waals surface area contributed by atoms with E-state index in [1.54, 1.807) is 24.4 Å². The van der Waals surface area contributed by atoms with Crippen molar-refractivity contribution >= 4 is 45.6 Å². The second kappa shape index (κ2) is 6.86. The van der Waals surface area contributed by atoms with Crippen LogP contribution in [0.25, 0.3) is 22.3 Å². The quantitative estimate of drug-likeness (QED) is 0.512. The molecule has 2 aromatic carbocycles. The van der Waals surface area contributed by atoms with Gasteiger partial charge in [0.2, 0.25) is 5.91 Å². The fourth-order valence-corrected chi connectivity index (χ4v) is 4.62. The van der Waals surface area contributed by atoms with Crippen LogP contribution in [0.1, 0.15) is 11.1 Å². The Kier molecular flexibility index (Phi) is 4.27. The number of phenolic OH excluding ortho intramolecular Hbond substituents is 1. The number of nitrogens with zero attached hydrogens (tertiary/aromatic N) is 2. The number of carbonyl (C=O) groups is 1. The van der Waals surface area contributed by atoms with Gasteiger partial charge in [0.05, 0.1) is 28.8 Å². The predicted molar refractivity (Wildman–Crippen MR) is 116 cm³/mol. The van der Waals surface area contributed by atoms with Gasteiger partial charge < -0.3 is 15.2 Å². The molecule has 2 N–H and O–H groups in total. The third-order valence-electron chi connectivity index (χ3n) is 4.90. The van der Waals surface area contributed by atoms with Gasteiger partial charge in [0, 0.05) is 17.4 Å². The normalized spacial score (nSPS) is 13.7. The Morgan fingerprint density at radius 2 is 2.13 bits per heavy atom.